The predicted molar refractivity (Wildman–Crippen MR) is 114 cm³/mol. The van der Waals surface area contributed by atoms with Crippen LogP contribution in [0.2, 0.25) is 5.02 Å². The van der Waals surface area contributed by atoms with E-state index in [1.807, 2.05) is 18.5 Å². The maximum Gasteiger partial charge on any atom is 0.147 e. The fraction of sp³-hybridized carbons (Fsp3) is 0.550. The monoisotopic (exact) mass is 432 g/mol. The van der Waals surface area contributed by atoms with Gasteiger partial charge in [0, 0.05) is 30.7 Å². The number of ether oxygens (including phenoxy) is 1. The SMILES string of the molecule is Nc1nccc(Sc2cnc(N3CCC4(CC3)CCN(C3COC3)C4)cn2)c1Cl. The molecular weight excluding hydrogens is 408 g/mol. The van der Waals surface area contributed by atoms with E-state index in [-0.39, 0.29) is 0 Å². The first-order chi connectivity index (χ1) is 14.1. The van der Waals surface area contributed by atoms with Gasteiger partial charge in [0.15, 0.2) is 0 Å². The number of halogens is 1. The highest BCUT2D eigenvalue weighted by Crippen LogP contribution is 2.42. The molecule has 5 heterocycles. The van der Waals surface area contributed by atoms with Crippen LogP contribution in [0.1, 0.15) is 19.3 Å². The maximum absolute atomic E-state index is 6.22. The molecule has 3 fully saturated rings. The number of likely N-dealkylation sites (tertiary alicyclic amines) is 1. The van der Waals surface area contributed by atoms with Crippen molar-refractivity contribution in [2.24, 2.45) is 5.41 Å². The summed E-state index contributed by atoms with van der Waals surface area (Å²) in [6.07, 6.45) is 9.09. The summed E-state index contributed by atoms with van der Waals surface area (Å²) >= 11 is 7.67. The van der Waals surface area contributed by atoms with E-state index < -0.39 is 0 Å². The third-order valence-corrected chi connectivity index (χ3v) is 7.95. The summed E-state index contributed by atoms with van der Waals surface area (Å²) in [4.78, 5) is 19.1. The number of aromatic nitrogens is 3. The lowest BCUT2D eigenvalue weighted by molar-refractivity contribution is -0.0608. The van der Waals surface area contributed by atoms with Gasteiger partial charge < -0.3 is 15.4 Å². The van der Waals surface area contributed by atoms with Crippen molar-refractivity contribution in [3.05, 3.63) is 29.7 Å². The molecule has 3 saturated heterocycles. The maximum atomic E-state index is 6.22. The Hall–Kier alpha value is -1.61. The molecule has 7 nitrogen and oxygen atoms in total. The lowest BCUT2D eigenvalue weighted by atomic mass is 9.78. The quantitative estimate of drug-likeness (QED) is 0.789. The van der Waals surface area contributed by atoms with E-state index in [2.05, 4.69) is 24.8 Å². The van der Waals surface area contributed by atoms with E-state index >= 15 is 0 Å². The first-order valence-electron chi connectivity index (χ1n) is 10.1. The Balaban J connectivity index is 1.19. The molecule has 0 unspecified atom stereocenters. The summed E-state index contributed by atoms with van der Waals surface area (Å²) in [5.74, 6) is 1.28. The largest absolute Gasteiger partial charge is 0.382 e. The second-order valence-corrected chi connectivity index (χ2v) is 9.66. The Bertz CT molecular complexity index is 870. The van der Waals surface area contributed by atoms with Crippen LogP contribution in [0.5, 0.6) is 0 Å². The molecule has 2 aromatic rings. The zero-order valence-corrected chi connectivity index (χ0v) is 17.8. The first kappa shape index (κ1) is 19.4. The summed E-state index contributed by atoms with van der Waals surface area (Å²) in [5.41, 5.74) is 6.25. The Kier molecular flexibility index (Phi) is 5.28. The van der Waals surface area contributed by atoms with E-state index in [1.54, 1.807) is 6.20 Å². The van der Waals surface area contributed by atoms with Crippen LogP contribution in [0.25, 0.3) is 0 Å². The number of nitrogen functional groups attached to an aromatic ring is 1. The normalized spacial score (nSPS) is 22.2. The lowest BCUT2D eigenvalue weighted by Crippen LogP contribution is -2.49. The minimum absolute atomic E-state index is 0.332. The summed E-state index contributed by atoms with van der Waals surface area (Å²) in [5, 5.41) is 1.26. The molecule has 154 valence electrons. The highest BCUT2D eigenvalue weighted by atomic mass is 35.5. The van der Waals surface area contributed by atoms with Crippen LogP contribution in [0.3, 0.4) is 0 Å². The molecule has 5 rings (SSSR count). The Morgan fingerprint density at radius 3 is 2.59 bits per heavy atom. The van der Waals surface area contributed by atoms with Crippen LogP contribution in [-0.2, 0) is 4.74 Å². The number of piperidine rings is 1. The van der Waals surface area contributed by atoms with Crippen LogP contribution >= 0.6 is 23.4 Å². The topological polar surface area (TPSA) is 80.4 Å². The summed E-state index contributed by atoms with van der Waals surface area (Å²) in [7, 11) is 0. The molecule has 9 heteroatoms. The van der Waals surface area contributed by atoms with Gasteiger partial charge in [-0.3, -0.25) is 4.90 Å². The van der Waals surface area contributed by atoms with Gasteiger partial charge in [0.1, 0.15) is 16.7 Å². The molecule has 2 N–H and O–H groups in total. The fourth-order valence-electron chi connectivity index (χ4n) is 4.49. The molecule has 0 aromatic carbocycles. The number of pyridine rings is 1. The van der Waals surface area contributed by atoms with E-state index in [4.69, 9.17) is 22.1 Å². The summed E-state index contributed by atoms with van der Waals surface area (Å²) in [6.45, 7) is 6.37. The molecule has 29 heavy (non-hydrogen) atoms. The van der Waals surface area contributed by atoms with Gasteiger partial charge in [-0.05, 0) is 37.3 Å². The van der Waals surface area contributed by atoms with Crippen molar-refractivity contribution in [1.29, 1.82) is 0 Å². The lowest BCUT2D eigenvalue weighted by Gasteiger charge is -2.41. The van der Waals surface area contributed by atoms with Crippen molar-refractivity contribution in [3.8, 4) is 0 Å². The van der Waals surface area contributed by atoms with Gasteiger partial charge in [-0.25, -0.2) is 15.0 Å². The Morgan fingerprint density at radius 1 is 1.10 bits per heavy atom. The van der Waals surface area contributed by atoms with Crippen molar-refractivity contribution in [2.75, 3.05) is 50.0 Å². The zero-order chi connectivity index (χ0) is 19.8. The fourth-order valence-corrected chi connectivity index (χ4v) is 5.48. The van der Waals surface area contributed by atoms with Crippen LogP contribution in [0.15, 0.2) is 34.6 Å². The standard InChI is InChI=1S/C20H25ClN6OS/c21-18-15(1-5-23-19(18)22)29-17-10-24-16(9-25-17)26-6-2-20(3-7-26)4-8-27(13-20)14-11-28-12-14/h1,5,9-10,14H,2-4,6-8,11-13H2,(H2,22,23). The molecule has 0 saturated carbocycles. The van der Waals surface area contributed by atoms with Crippen molar-refractivity contribution >= 4 is 35.0 Å². The van der Waals surface area contributed by atoms with Gasteiger partial charge in [0.05, 0.1) is 36.7 Å². The summed E-state index contributed by atoms with van der Waals surface area (Å²) < 4.78 is 5.37. The molecule has 2 aromatic heterocycles. The number of anilines is 2. The molecule has 0 aliphatic carbocycles. The van der Waals surface area contributed by atoms with Crippen LogP contribution in [0, 0.1) is 5.41 Å². The molecule has 0 bridgehead atoms. The van der Waals surface area contributed by atoms with Gasteiger partial charge in [0.2, 0.25) is 0 Å². The van der Waals surface area contributed by atoms with Crippen LogP contribution in [-0.4, -0.2) is 65.3 Å². The van der Waals surface area contributed by atoms with E-state index in [9.17, 15) is 0 Å². The molecule has 1 spiro atoms. The minimum Gasteiger partial charge on any atom is -0.382 e. The minimum atomic E-state index is 0.332. The average Bonchev–Trinajstić information content (AvgIpc) is 3.08. The van der Waals surface area contributed by atoms with Gasteiger partial charge in [-0.1, -0.05) is 23.4 Å². The summed E-state index contributed by atoms with van der Waals surface area (Å²) in [6, 6.07) is 2.50. The van der Waals surface area contributed by atoms with Gasteiger partial charge >= 0.3 is 0 Å². The molecule has 3 aliphatic rings. The number of rotatable bonds is 4. The second kappa shape index (κ2) is 7.91. The molecule has 0 amide bonds. The van der Waals surface area contributed by atoms with Gasteiger partial charge in [0.25, 0.3) is 0 Å². The molecular formula is C20H25ClN6OS. The Labute approximate surface area is 180 Å². The van der Waals surface area contributed by atoms with Gasteiger partial charge in [-0.15, -0.1) is 0 Å². The number of nitrogens with two attached hydrogens (primary N) is 1. The first-order valence-corrected chi connectivity index (χ1v) is 11.3. The van der Waals surface area contributed by atoms with Crippen LogP contribution in [0.4, 0.5) is 11.6 Å². The predicted octanol–water partition coefficient (Wildman–Crippen LogP) is 2.95. The van der Waals surface area contributed by atoms with Crippen molar-refractivity contribution < 1.29 is 4.74 Å². The average molecular weight is 433 g/mol. The molecule has 3 aliphatic heterocycles. The number of hydrogen-bond donors (Lipinski definition) is 1. The van der Waals surface area contributed by atoms with E-state index in [1.165, 1.54) is 44.1 Å². The van der Waals surface area contributed by atoms with Crippen molar-refractivity contribution in [3.63, 3.8) is 0 Å². The number of hydrogen-bond acceptors (Lipinski definition) is 8. The number of nitrogens with zero attached hydrogens (tertiary/aromatic N) is 5. The third kappa shape index (κ3) is 3.91. The highest BCUT2D eigenvalue weighted by molar-refractivity contribution is 7.99. The van der Waals surface area contributed by atoms with Crippen molar-refractivity contribution in [1.82, 2.24) is 19.9 Å². The smallest absolute Gasteiger partial charge is 0.147 e. The van der Waals surface area contributed by atoms with Crippen LogP contribution < -0.4 is 10.6 Å². The molecule has 0 atom stereocenters. The van der Waals surface area contributed by atoms with Gasteiger partial charge in [-0.2, -0.15) is 0 Å². The second-order valence-electron chi connectivity index (χ2n) is 8.22. The molecule has 0 radical (unpaired) electrons. The highest BCUT2D eigenvalue weighted by Gasteiger charge is 2.43. The zero-order valence-electron chi connectivity index (χ0n) is 16.3. The van der Waals surface area contributed by atoms with E-state index in [0.29, 0.717) is 22.3 Å². The van der Waals surface area contributed by atoms with Crippen molar-refractivity contribution in [2.45, 2.75) is 35.2 Å². The third-order valence-electron chi connectivity index (χ3n) is 6.46. The van der Waals surface area contributed by atoms with E-state index in [0.717, 1.165) is 42.0 Å². The Morgan fingerprint density at radius 2 is 1.90 bits per heavy atom.